The molecule has 2 atom stereocenters. The predicted molar refractivity (Wildman–Crippen MR) is 271 cm³/mol. The maximum absolute atomic E-state index is 12.8. The van der Waals surface area contributed by atoms with E-state index in [1.54, 1.807) is 0 Å². The highest BCUT2D eigenvalue weighted by atomic mass is 16.6. The molecule has 1 N–H and O–H groups in total. The number of esters is 2. The van der Waals surface area contributed by atoms with E-state index in [1.165, 1.54) is 161 Å². The number of aliphatic carboxylic acids is 1. The SMILES string of the molecule is CCCCCCCC/C=C/C/C=C/C/C=C/CCCC(=O)OCC(COCCC(C(=O)O)[N+](C)(C)C)OC(=O)CCCCCCCCC/C=C/CCCCCCCCCCCCCC. The van der Waals surface area contributed by atoms with Gasteiger partial charge in [0, 0.05) is 19.3 Å². The summed E-state index contributed by atoms with van der Waals surface area (Å²) < 4.78 is 17.3. The number of carboxylic acids is 1. The maximum atomic E-state index is 12.8. The van der Waals surface area contributed by atoms with Crippen LogP contribution in [0, 0.1) is 0 Å². The van der Waals surface area contributed by atoms with Gasteiger partial charge in [0.15, 0.2) is 12.1 Å². The number of nitrogens with zero attached hydrogens (tertiary/aromatic N) is 1. The van der Waals surface area contributed by atoms with Gasteiger partial charge >= 0.3 is 17.9 Å². The largest absolute Gasteiger partial charge is 0.477 e. The van der Waals surface area contributed by atoms with Crippen LogP contribution in [0.2, 0.25) is 0 Å². The van der Waals surface area contributed by atoms with E-state index >= 15 is 0 Å². The Hall–Kier alpha value is -2.71. The van der Waals surface area contributed by atoms with Crippen molar-refractivity contribution in [3.63, 3.8) is 0 Å². The number of unbranched alkanes of at least 4 members (excludes halogenated alkanes) is 26. The summed E-state index contributed by atoms with van der Waals surface area (Å²) in [6.45, 7) is 4.70. The Morgan fingerprint density at radius 2 is 0.844 bits per heavy atom. The molecule has 0 aromatic heterocycles. The molecule has 0 aliphatic carbocycles. The molecular formula is C56H102NO7+. The average molecular weight is 901 g/mol. The molecule has 0 aliphatic heterocycles. The molecular weight excluding hydrogens is 799 g/mol. The van der Waals surface area contributed by atoms with Gasteiger partial charge in [0.2, 0.25) is 0 Å². The monoisotopic (exact) mass is 901 g/mol. The zero-order valence-electron chi connectivity index (χ0n) is 42.5. The predicted octanol–water partition coefficient (Wildman–Crippen LogP) is 15.5. The first-order valence-electron chi connectivity index (χ1n) is 26.7. The summed E-state index contributed by atoms with van der Waals surface area (Å²) >= 11 is 0. The van der Waals surface area contributed by atoms with Gasteiger partial charge in [-0.05, 0) is 70.6 Å². The number of hydrogen-bond donors (Lipinski definition) is 1. The van der Waals surface area contributed by atoms with Crippen molar-refractivity contribution in [1.82, 2.24) is 0 Å². The number of hydrogen-bond acceptors (Lipinski definition) is 6. The number of ether oxygens (including phenoxy) is 3. The summed E-state index contributed by atoms with van der Waals surface area (Å²) in [4.78, 5) is 37.1. The van der Waals surface area contributed by atoms with E-state index in [4.69, 9.17) is 14.2 Å². The highest BCUT2D eigenvalue weighted by molar-refractivity contribution is 5.72. The summed E-state index contributed by atoms with van der Waals surface area (Å²) in [6, 6.07) is -0.624. The lowest BCUT2D eigenvalue weighted by Gasteiger charge is -2.31. The third-order valence-corrected chi connectivity index (χ3v) is 12.0. The maximum Gasteiger partial charge on any atom is 0.362 e. The quantitative estimate of drug-likeness (QED) is 0.0281. The fraction of sp³-hybridized carbons (Fsp3) is 0.804. The smallest absolute Gasteiger partial charge is 0.362 e. The zero-order chi connectivity index (χ0) is 47.0. The van der Waals surface area contributed by atoms with E-state index in [-0.39, 0.29) is 42.7 Å². The summed E-state index contributed by atoms with van der Waals surface area (Å²) in [7, 11) is 5.52. The van der Waals surface area contributed by atoms with Gasteiger partial charge in [-0.1, -0.05) is 197 Å². The third kappa shape index (κ3) is 44.5. The molecule has 0 saturated carbocycles. The second-order valence-electron chi connectivity index (χ2n) is 19.1. The Kier molecular flexibility index (Phi) is 44.8. The molecule has 64 heavy (non-hydrogen) atoms. The summed E-state index contributed by atoms with van der Waals surface area (Å²) in [5, 5.41) is 9.66. The molecule has 0 aliphatic rings. The number of quaternary nitrogens is 1. The van der Waals surface area contributed by atoms with Crippen molar-refractivity contribution >= 4 is 17.9 Å². The van der Waals surface area contributed by atoms with Gasteiger partial charge < -0.3 is 23.8 Å². The lowest BCUT2D eigenvalue weighted by Crippen LogP contribution is -2.50. The molecule has 8 nitrogen and oxygen atoms in total. The summed E-state index contributed by atoms with van der Waals surface area (Å²) in [5.74, 6) is -1.53. The van der Waals surface area contributed by atoms with Gasteiger partial charge in [-0.3, -0.25) is 9.59 Å². The van der Waals surface area contributed by atoms with Gasteiger partial charge in [-0.15, -0.1) is 0 Å². The molecule has 0 spiro atoms. The van der Waals surface area contributed by atoms with Crippen LogP contribution in [0.1, 0.15) is 239 Å². The molecule has 0 radical (unpaired) electrons. The number of rotatable bonds is 48. The van der Waals surface area contributed by atoms with Crippen LogP contribution in [0.15, 0.2) is 48.6 Å². The number of carboxylic acid groups (broad SMARTS) is 1. The lowest BCUT2D eigenvalue weighted by atomic mass is 10.0. The van der Waals surface area contributed by atoms with Crippen molar-refractivity contribution < 1.29 is 38.2 Å². The van der Waals surface area contributed by atoms with Gasteiger partial charge in [0.05, 0.1) is 34.4 Å². The number of carbonyl (C=O) groups is 3. The van der Waals surface area contributed by atoms with Crippen LogP contribution >= 0.6 is 0 Å². The average Bonchev–Trinajstić information content (AvgIpc) is 3.26. The second-order valence-corrected chi connectivity index (χ2v) is 19.1. The molecule has 0 aromatic carbocycles. The third-order valence-electron chi connectivity index (χ3n) is 12.0. The Morgan fingerprint density at radius 3 is 1.28 bits per heavy atom. The Balaban J connectivity index is 4.27. The van der Waals surface area contributed by atoms with Crippen molar-refractivity contribution in [2.75, 3.05) is 41.0 Å². The normalized spacial score (nSPS) is 13.2. The van der Waals surface area contributed by atoms with Crippen molar-refractivity contribution in [3.05, 3.63) is 48.6 Å². The number of likely N-dealkylation sites (N-methyl/N-ethyl adjacent to an activating group) is 1. The van der Waals surface area contributed by atoms with Gasteiger partial charge in [0.25, 0.3) is 0 Å². The van der Waals surface area contributed by atoms with Crippen molar-refractivity contribution in [2.45, 2.75) is 251 Å². The van der Waals surface area contributed by atoms with Gasteiger partial charge in [-0.2, -0.15) is 0 Å². The highest BCUT2D eigenvalue weighted by Gasteiger charge is 2.31. The molecule has 0 heterocycles. The Morgan fingerprint density at radius 1 is 0.469 bits per heavy atom. The summed E-state index contributed by atoms with van der Waals surface area (Å²) in [5.41, 5.74) is 0. The van der Waals surface area contributed by atoms with Crippen molar-refractivity contribution in [1.29, 1.82) is 0 Å². The molecule has 0 aromatic rings. The lowest BCUT2D eigenvalue weighted by molar-refractivity contribution is -0.887. The Labute approximate surface area is 395 Å². The van der Waals surface area contributed by atoms with E-state index in [2.05, 4.69) is 62.5 Å². The van der Waals surface area contributed by atoms with Gasteiger partial charge in [0.1, 0.15) is 6.61 Å². The summed E-state index contributed by atoms with van der Waals surface area (Å²) in [6.07, 6.45) is 57.5. The molecule has 0 saturated heterocycles. The van der Waals surface area contributed by atoms with E-state index in [1.807, 2.05) is 21.1 Å². The number of carbonyl (C=O) groups excluding carboxylic acids is 2. The van der Waals surface area contributed by atoms with Crippen LogP contribution in [0.4, 0.5) is 0 Å². The molecule has 8 heteroatoms. The minimum absolute atomic E-state index is 0.0439. The molecule has 372 valence electrons. The van der Waals surface area contributed by atoms with Crippen molar-refractivity contribution in [3.8, 4) is 0 Å². The van der Waals surface area contributed by atoms with E-state index in [0.29, 0.717) is 19.3 Å². The molecule has 0 rings (SSSR count). The fourth-order valence-electron chi connectivity index (χ4n) is 7.81. The minimum atomic E-state index is -0.881. The molecule has 2 unspecified atom stereocenters. The van der Waals surface area contributed by atoms with Crippen LogP contribution in [-0.4, -0.2) is 80.6 Å². The fourth-order valence-corrected chi connectivity index (χ4v) is 7.81. The van der Waals surface area contributed by atoms with Crippen LogP contribution in [0.25, 0.3) is 0 Å². The van der Waals surface area contributed by atoms with Crippen LogP contribution in [0.5, 0.6) is 0 Å². The molecule has 0 bridgehead atoms. The van der Waals surface area contributed by atoms with Crippen LogP contribution < -0.4 is 0 Å². The zero-order valence-corrected chi connectivity index (χ0v) is 42.5. The first-order valence-corrected chi connectivity index (χ1v) is 26.7. The van der Waals surface area contributed by atoms with E-state index in [9.17, 15) is 19.5 Å². The standard InChI is InChI=1S/C56H101NO7/c1-6-8-10-12-14-16-18-20-22-24-25-26-27-28-29-31-33-35-37-39-41-43-45-47-55(59)64-52(50-62-49-48-53(56(60)61)57(3,4)5)51-63-54(58)46-44-42-40-38-36-34-32-30-23-21-19-17-15-13-11-9-7-2/h21,23,28-29,32,34,38,40,52-53H,6-20,22,24-27,30-31,33,35-37,39,41-51H2,1-5H3/p+1/b23-21+,29-28+,34-32+,40-38+. The van der Waals surface area contributed by atoms with Gasteiger partial charge in [-0.25, -0.2) is 4.79 Å². The second kappa shape index (κ2) is 46.8. The van der Waals surface area contributed by atoms with Crippen LogP contribution in [-0.2, 0) is 28.6 Å². The van der Waals surface area contributed by atoms with Crippen LogP contribution in [0.3, 0.4) is 0 Å². The topological polar surface area (TPSA) is 99.1 Å². The molecule has 0 fully saturated rings. The first kappa shape index (κ1) is 61.3. The molecule has 0 amide bonds. The van der Waals surface area contributed by atoms with Crippen molar-refractivity contribution in [2.24, 2.45) is 0 Å². The first-order chi connectivity index (χ1) is 31.1. The number of allylic oxidation sites excluding steroid dienone is 8. The minimum Gasteiger partial charge on any atom is -0.477 e. The van der Waals surface area contributed by atoms with E-state index in [0.717, 1.165) is 38.5 Å². The van der Waals surface area contributed by atoms with E-state index < -0.39 is 18.1 Å². The highest BCUT2D eigenvalue weighted by Crippen LogP contribution is 2.15. The Bertz CT molecular complexity index is 1190.